The molecule has 0 fully saturated rings. The molecular formula is C35H30Cl3N3O4S. The van der Waals surface area contributed by atoms with E-state index in [-0.39, 0.29) is 12.2 Å². The Balaban J connectivity index is 1.56. The molecular weight excluding hydrogens is 665 g/mol. The van der Waals surface area contributed by atoms with Crippen molar-refractivity contribution in [2.24, 2.45) is 4.99 Å². The minimum atomic E-state index is -0.844. The van der Waals surface area contributed by atoms with Crippen molar-refractivity contribution in [3.05, 3.63) is 130 Å². The second-order valence-electron chi connectivity index (χ2n) is 10.8. The van der Waals surface area contributed by atoms with E-state index in [1.54, 1.807) is 42.9 Å². The van der Waals surface area contributed by atoms with Crippen LogP contribution in [-0.2, 0) is 16.1 Å². The van der Waals surface area contributed by atoms with E-state index in [9.17, 15) is 9.59 Å². The topological polar surface area (TPSA) is 74.8 Å². The lowest BCUT2D eigenvalue weighted by Gasteiger charge is -2.27. The highest BCUT2D eigenvalue weighted by molar-refractivity contribution is 7.07. The number of ether oxygens (including phenoxy) is 2. The zero-order valence-electron chi connectivity index (χ0n) is 25.4. The fraction of sp³-hybridized carbons (Fsp3) is 0.229. The van der Waals surface area contributed by atoms with Gasteiger partial charge in [0, 0.05) is 39.8 Å². The number of halogens is 3. The molecule has 0 radical (unpaired) electrons. The van der Waals surface area contributed by atoms with E-state index in [2.05, 4.69) is 4.57 Å². The second kappa shape index (κ2) is 13.5. The van der Waals surface area contributed by atoms with Gasteiger partial charge in [0.25, 0.3) is 5.56 Å². The van der Waals surface area contributed by atoms with Crippen LogP contribution in [0.3, 0.4) is 0 Å². The van der Waals surface area contributed by atoms with Crippen molar-refractivity contribution in [2.45, 2.75) is 39.3 Å². The normalized spacial score (nSPS) is 14.8. The number of rotatable bonds is 9. The van der Waals surface area contributed by atoms with Crippen LogP contribution in [0.2, 0.25) is 15.1 Å². The smallest absolute Gasteiger partial charge is 0.338 e. The summed E-state index contributed by atoms with van der Waals surface area (Å²) in [4.78, 5) is 33.3. The third kappa shape index (κ3) is 6.02. The lowest BCUT2D eigenvalue weighted by Crippen LogP contribution is -2.40. The van der Waals surface area contributed by atoms with E-state index in [4.69, 9.17) is 49.3 Å². The molecule has 1 aliphatic heterocycles. The van der Waals surface area contributed by atoms with Crippen molar-refractivity contribution in [3.63, 3.8) is 0 Å². The lowest BCUT2D eigenvalue weighted by atomic mass is 9.93. The van der Waals surface area contributed by atoms with Crippen molar-refractivity contribution < 1.29 is 14.3 Å². The van der Waals surface area contributed by atoms with Crippen molar-refractivity contribution >= 4 is 69.1 Å². The van der Waals surface area contributed by atoms with Crippen LogP contribution >= 0.6 is 46.1 Å². The van der Waals surface area contributed by atoms with E-state index < -0.39 is 12.0 Å². The summed E-state index contributed by atoms with van der Waals surface area (Å²) in [6.45, 7) is 4.51. The van der Waals surface area contributed by atoms with Crippen molar-refractivity contribution in [3.8, 4) is 5.75 Å². The second-order valence-corrected chi connectivity index (χ2v) is 13.0. The zero-order chi connectivity index (χ0) is 32.5. The van der Waals surface area contributed by atoms with E-state index in [1.807, 2.05) is 55.6 Å². The fourth-order valence-electron chi connectivity index (χ4n) is 5.83. The standard InChI is InChI=1S/C35H30Cl3N3O4S/c1-4-8-27-31(34(43)45-5-2)32(24-17-22(36)12-14-29(24)44-3)41-33(42)30(46-35(41)39-27)16-21-19-40(28-10-7-6-9-23(21)28)18-20-11-13-25(37)26(38)15-20/h6-7,9-17,19,32H,4-5,8,18H2,1-3H3/b30-16+/t32-/m0/s1. The molecule has 3 heterocycles. The van der Waals surface area contributed by atoms with Crippen LogP contribution in [0, 0.1) is 0 Å². The summed E-state index contributed by atoms with van der Waals surface area (Å²) in [7, 11) is 1.55. The van der Waals surface area contributed by atoms with Crippen LogP contribution < -0.4 is 19.6 Å². The van der Waals surface area contributed by atoms with Gasteiger partial charge in [-0.25, -0.2) is 9.79 Å². The van der Waals surface area contributed by atoms with Crippen LogP contribution in [-0.4, -0.2) is 28.8 Å². The first-order valence-corrected chi connectivity index (χ1v) is 16.8. The first kappa shape index (κ1) is 32.1. The van der Waals surface area contributed by atoms with E-state index in [0.29, 0.717) is 60.0 Å². The summed E-state index contributed by atoms with van der Waals surface area (Å²) >= 11 is 20.2. The Morgan fingerprint density at radius 3 is 2.59 bits per heavy atom. The van der Waals surface area contributed by atoms with Gasteiger partial charge < -0.3 is 14.0 Å². The molecule has 5 aromatic rings. The number of hydrogen-bond donors (Lipinski definition) is 0. The molecule has 0 saturated carbocycles. The Bertz CT molecular complexity index is 2200. The number of methoxy groups -OCH3 is 1. The highest BCUT2D eigenvalue weighted by Crippen LogP contribution is 2.38. The number of benzene rings is 3. The third-order valence-corrected chi connectivity index (χ3v) is 9.78. The van der Waals surface area contributed by atoms with Crippen LogP contribution in [0.1, 0.15) is 49.4 Å². The number of carbonyl (C=O) groups is 1. The molecule has 0 spiro atoms. The van der Waals surface area contributed by atoms with E-state index >= 15 is 0 Å². The van der Waals surface area contributed by atoms with E-state index in [0.717, 1.165) is 28.5 Å². The van der Waals surface area contributed by atoms with Gasteiger partial charge in [-0.3, -0.25) is 9.36 Å². The van der Waals surface area contributed by atoms with Gasteiger partial charge in [-0.15, -0.1) is 0 Å². The Morgan fingerprint density at radius 2 is 1.85 bits per heavy atom. The van der Waals surface area contributed by atoms with Crippen LogP contribution in [0.4, 0.5) is 0 Å². The first-order valence-electron chi connectivity index (χ1n) is 14.8. The highest BCUT2D eigenvalue weighted by atomic mass is 35.5. The van der Waals surface area contributed by atoms with Crippen molar-refractivity contribution in [2.75, 3.05) is 13.7 Å². The number of fused-ring (bicyclic) bond motifs is 2. The zero-order valence-corrected chi connectivity index (χ0v) is 28.4. The monoisotopic (exact) mass is 693 g/mol. The molecule has 0 N–H and O–H groups in total. The van der Waals surface area contributed by atoms with Crippen molar-refractivity contribution in [1.29, 1.82) is 0 Å². The number of allylic oxidation sites excluding steroid dienone is 1. The molecule has 1 atom stereocenters. The fourth-order valence-corrected chi connectivity index (χ4v) is 7.34. The molecule has 11 heteroatoms. The number of para-hydroxylation sites is 1. The van der Waals surface area contributed by atoms with Gasteiger partial charge in [0.1, 0.15) is 11.8 Å². The van der Waals surface area contributed by atoms with Gasteiger partial charge in [0.2, 0.25) is 0 Å². The predicted molar refractivity (Wildman–Crippen MR) is 185 cm³/mol. The first-order chi connectivity index (χ1) is 22.2. The largest absolute Gasteiger partial charge is 0.496 e. The van der Waals surface area contributed by atoms with Gasteiger partial charge in [-0.1, -0.05) is 83.7 Å². The third-order valence-electron chi connectivity index (χ3n) is 7.82. The summed E-state index contributed by atoms with van der Waals surface area (Å²) < 4.78 is 15.4. The highest BCUT2D eigenvalue weighted by Gasteiger charge is 2.36. The quantitative estimate of drug-likeness (QED) is 0.149. The Hall–Kier alpha value is -3.82. The molecule has 3 aromatic carbocycles. The Labute approximate surface area is 284 Å². The van der Waals surface area contributed by atoms with Gasteiger partial charge in [-0.2, -0.15) is 0 Å². The molecule has 0 amide bonds. The molecule has 7 nitrogen and oxygen atoms in total. The molecule has 1 aliphatic rings. The average Bonchev–Trinajstić information content (AvgIpc) is 3.54. The Kier molecular flexibility index (Phi) is 9.43. The molecule has 0 bridgehead atoms. The number of carbonyl (C=O) groups excluding carboxylic acids is 1. The van der Waals surface area contributed by atoms with Crippen LogP contribution in [0.15, 0.2) is 87.9 Å². The Morgan fingerprint density at radius 1 is 1.04 bits per heavy atom. The molecule has 0 aliphatic carbocycles. The van der Waals surface area contributed by atoms with Gasteiger partial charge in [-0.05, 0) is 61.4 Å². The maximum Gasteiger partial charge on any atom is 0.338 e. The summed E-state index contributed by atoms with van der Waals surface area (Å²) in [5.41, 5.74) is 4.05. The summed E-state index contributed by atoms with van der Waals surface area (Å²) in [6.07, 6.45) is 5.18. The maximum atomic E-state index is 14.4. The number of nitrogens with zero attached hydrogens (tertiary/aromatic N) is 3. The molecule has 0 saturated heterocycles. The van der Waals surface area contributed by atoms with E-state index in [1.165, 1.54) is 11.3 Å². The minimum Gasteiger partial charge on any atom is -0.496 e. The number of aromatic nitrogens is 2. The number of esters is 1. The summed E-state index contributed by atoms with van der Waals surface area (Å²) in [5.74, 6) is -0.0321. The van der Waals surface area contributed by atoms with Crippen LogP contribution in [0.25, 0.3) is 17.0 Å². The lowest BCUT2D eigenvalue weighted by molar-refractivity contribution is -0.139. The molecule has 46 heavy (non-hydrogen) atoms. The molecule has 0 unspecified atom stereocenters. The van der Waals surface area contributed by atoms with Crippen molar-refractivity contribution in [1.82, 2.24) is 9.13 Å². The van der Waals surface area contributed by atoms with Crippen LogP contribution in [0.5, 0.6) is 5.75 Å². The number of hydrogen-bond acceptors (Lipinski definition) is 6. The predicted octanol–water partition coefficient (Wildman–Crippen LogP) is 7.55. The number of thiazole rings is 1. The molecule has 2 aromatic heterocycles. The minimum absolute atomic E-state index is 0.178. The van der Waals surface area contributed by atoms with Gasteiger partial charge in [0.15, 0.2) is 4.80 Å². The maximum absolute atomic E-state index is 14.4. The summed E-state index contributed by atoms with van der Waals surface area (Å²) in [5, 5.41) is 2.43. The van der Waals surface area contributed by atoms with Gasteiger partial charge >= 0.3 is 5.97 Å². The molecule has 236 valence electrons. The average molecular weight is 695 g/mol. The summed E-state index contributed by atoms with van der Waals surface area (Å²) in [6, 6.07) is 17.9. The SMILES string of the molecule is CCCC1=C(C(=O)OCC)[C@H](c2cc(Cl)ccc2OC)n2c(s/c(=C/c3cn(Cc4ccc(Cl)c(Cl)c4)c4ccccc34)c2=O)=N1. The molecule has 6 rings (SSSR count). The van der Waals surface area contributed by atoms with Gasteiger partial charge in [0.05, 0.1) is 39.6 Å².